The molecule has 0 N–H and O–H groups in total. The quantitative estimate of drug-likeness (QED) is 0.692. The first-order chi connectivity index (χ1) is 8.45. The predicted octanol–water partition coefficient (Wildman–Crippen LogP) is -0.576. The van der Waals surface area contributed by atoms with Crippen LogP contribution in [0.2, 0.25) is 0 Å². The van der Waals surface area contributed by atoms with Crippen molar-refractivity contribution in [2.24, 2.45) is 0 Å². The van der Waals surface area contributed by atoms with Gasteiger partial charge in [0.2, 0.25) is 11.3 Å². The van der Waals surface area contributed by atoms with Crippen molar-refractivity contribution in [3.8, 4) is 0 Å². The predicted molar refractivity (Wildman–Crippen MR) is 59.3 cm³/mol. The van der Waals surface area contributed by atoms with Crippen molar-refractivity contribution in [1.29, 1.82) is 0 Å². The normalized spacial score (nSPS) is 10.4. The Labute approximate surface area is 115 Å². The van der Waals surface area contributed by atoms with Gasteiger partial charge >= 0.3 is 0 Å². The first-order valence-electron chi connectivity index (χ1n) is 4.65. The lowest BCUT2D eigenvalue weighted by Gasteiger charge is -2.17. The third-order valence-corrected chi connectivity index (χ3v) is 3.20. The first kappa shape index (κ1) is 15.3. The van der Waals surface area contributed by atoms with Crippen LogP contribution in [-0.4, -0.2) is 0 Å². The average molecular weight is 305 g/mol. The number of benzene rings is 1. The highest BCUT2D eigenvalue weighted by atomic mass is 35.7. The van der Waals surface area contributed by atoms with Gasteiger partial charge in [0.1, 0.15) is 0 Å². The minimum absolute atomic E-state index is 1.29. The summed E-state index contributed by atoms with van der Waals surface area (Å²) in [6.45, 7) is 0. The molecular weight excluding hydrogens is 296 g/mol. The minimum atomic E-state index is -4.94. The molecule has 0 saturated carbocycles. The molecule has 1 aromatic carbocycles. The maximum Gasteiger partial charge on any atom is 0.211 e. The molecule has 96 valence electrons. The second-order valence-electron chi connectivity index (χ2n) is 2.94. The van der Waals surface area contributed by atoms with Crippen molar-refractivity contribution in [1.82, 2.24) is 0 Å². The molecule has 2 aromatic rings. The molecule has 18 heavy (non-hydrogen) atoms. The lowest BCUT2D eigenvalue weighted by atomic mass is 10.4. The Kier molecular flexibility index (Phi) is 6.51. The highest BCUT2D eigenvalue weighted by molar-refractivity contribution is 7.99. The van der Waals surface area contributed by atoms with Crippen LogP contribution in [0.1, 0.15) is 0 Å². The molecule has 0 spiro atoms. The summed E-state index contributed by atoms with van der Waals surface area (Å²) in [5.74, 6) is 0. The number of hydrogen-bond donors (Lipinski definition) is 0. The summed E-state index contributed by atoms with van der Waals surface area (Å²) < 4.78 is 34.0. The summed E-state index contributed by atoms with van der Waals surface area (Å²) in [6, 6.07) is 14.7. The third kappa shape index (κ3) is 8.37. The van der Waals surface area contributed by atoms with E-state index in [1.165, 1.54) is 9.79 Å². The Hall–Kier alpha value is -0.730. The van der Waals surface area contributed by atoms with E-state index >= 15 is 0 Å². The van der Waals surface area contributed by atoms with Gasteiger partial charge in [-0.1, -0.05) is 30.0 Å². The fourth-order valence-corrected chi connectivity index (χ4v) is 2.56. The van der Waals surface area contributed by atoms with E-state index in [0.717, 1.165) is 0 Å². The zero-order valence-electron chi connectivity index (χ0n) is 9.02. The van der Waals surface area contributed by atoms with Crippen LogP contribution >= 0.6 is 23.1 Å². The molecule has 0 aliphatic rings. The summed E-state index contributed by atoms with van der Waals surface area (Å²) in [5.41, 5.74) is 0. The Bertz CT molecular complexity index is 404. The van der Waals surface area contributed by atoms with Crippen LogP contribution in [-0.2, 0) is 0 Å². The molecule has 0 fully saturated rings. The summed E-state index contributed by atoms with van der Waals surface area (Å²) in [6.07, 6.45) is 0. The standard InChI is InChI=1S/C11H9S2.ClHO4/c1-2-4-10(5-3-1)13-11-6-8-12-9-7-11;2-1(3,4)5/h1-9H;(H,2,3,4,5)/q+1;/p-1. The van der Waals surface area contributed by atoms with Crippen molar-refractivity contribution >= 4 is 23.1 Å². The Morgan fingerprint density at radius 1 is 0.778 bits per heavy atom. The Balaban J connectivity index is 0.000000280. The molecule has 1 heterocycles. The largest absolute Gasteiger partial charge is 0.222 e. The fraction of sp³-hybridized carbons (Fsp3) is 0. The molecule has 0 amide bonds. The van der Waals surface area contributed by atoms with Crippen molar-refractivity contribution in [3.05, 3.63) is 53.2 Å². The topological polar surface area (TPSA) is 92.2 Å². The molecule has 0 unspecified atom stereocenters. The first-order valence-corrected chi connectivity index (χ1v) is 7.65. The Morgan fingerprint density at radius 2 is 1.22 bits per heavy atom. The van der Waals surface area contributed by atoms with Crippen LogP contribution in [0.4, 0.5) is 0 Å². The van der Waals surface area contributed by atoms with Crippen LogP contribution in [0.15, 0.2) is 63.0 Å². The van der Waals surface area contributed by atoms with Gasteiger partial charge in [-0.3, -0.25) is 0 Å². The second kappa shape index (κ2) is 7.65. The van der Waals surface area contributed by atoms with Gasteiger partial charge in [-0.2, -0.15) is 0 Å². The molecular formula is C11H9ClO4S2. The summed E-state index contributed by atoms with van der Waals surface area (Å²) >= 11 is 3.51. The van der Waals surface area contributed by atoms with Crippen LogP contribution in [0.25, 0.3) is 0 Å². The molecule has 0 aliphatic carbocycles. The SMILES string of the molecule is [O-][Cl+3]([O-])([O-])[O-].c1ccc(Sc2cc[s+]cc2)cc1. The highest BCUT2D eigenvalue weighted by Gasteiger charge is 1.97. The van der Waals surface area contributed by atoms with Crippen LogP contribution < -0.4 is 18.6 Å². The van der Waals surface area contributed by atoms with E-state index in [1.807, 2.05) is 6.07 Å². The van der Waals surface area contributed by atoms with E-state index in [2.05, 4.69) is 47.2 Å². The van der Waals surface area contributed by atoms with E-state index in [0.29, 0.717) is 0 Å². The van der Waals surface area contributed by atoms with Crippen LogP contribution in [0, 0.1) is 10.2 Å². The zero-order valence-corrected chi connectivity index (χ0v) is 11.4. The van der Waals surface area contributed by atoms with Gasteiger partial charge in [0.25, 0.3) is 0 Å². The van der Waals surface area contributed by atoms with Gasteiger partial charge in [-0.15, -0.1) is 10.2 Å². The van der Waals surface area contributed by atoms with E-state index in [-0.39, 0.29) is 0 Å². The molecule has 2 rings (SSSR count). The molecule has 7 heteroatoms. The van der Waals surface area contributed by atoms with E-state index in [9.17, 15) is 0 Å². The zero-order chi connectivity index (χ0) is 13.4. The molecule has 4 nitrogen and oxygen atoms in total. The summed E-state index contributed by atoms with van der Waals surface area (Å²) in [5, 5.41) is 4.20. The number of hydrogen-bond acceptors (Lipinski definition) is 5. The lowest BCUT2D eigenvalue weighted by Crippen LogP contribution is -2.68. The monoisotopic (exact) mass is 304 g/mol. The van der Waals surface area contributed by atoms with Gasteiger partial charge in [0.05, 0.1) is 0 Å². The molecule has 0 radical (unpaired) electrons. The molecule has 0 saturated heterocycles. The summed E-state index contributed by atoms with van der Waals surface area (Å²) in [7, 11) is -4.94. The van der Waals surface area contributed by atoms with Gasteiger partial charge in [-0.05, 0) is 12.1 Å². The second-order valence-corrected chi connectivity index (χ2v) is 5.66. The van der Waals surface area contributed by atoms with E-state index in [4.69, 9.17) is 18.6 Å². The molecule has 0 atom stereocenters. The number of rotatable bonds is 2. The van der Waals surface area contributed by atoms with Crippen molar-refractivity contribution in [3.63, 3.8) is 0 Å². The van der Waals surface area contributed by atoms with Crippen molar-refractivity contribution in [2.45, 2.75) is 9.79 Å². The smallest absolute Gasteiger partial charge is 0.211 e. The van der Waals surface area contributed by atoms with Gasteiger partial charge in [0.15, 0.2) is 10.8 Å². The van der Waals surface area contributed by atoms with E-state index in [1.54, 1.807) is 23.1 Å². The van der Waals surface area contributed by atoms with Crippen molar-refractivity contribution < 1.29 is 28.9 Å². The van der Waals surface area contributed by atoms with Crippen LogP contribution in [0.5, 0.6) is 0 Å². The minimum Gasteiger partial charge on any atom is -0.222 e. The molecule has 1 aromatic heterocycles. The fourth-order valence-electron chi connectivity index (χ4n) is 1.01. The average Bonchev–Trinajstić information content (AvgIpc) is 2.29. The van der Waals surface area contributed by atoms with Gasteiger partial charge in [-0.25, -0.2) is 18.6 Å². The van der Waals surface area contributed by atoms with E-state index < -0.39 is 10.2 Å². The van der Waals surface area contributed by atoms with Gasteiger partial charge in [0, 0.05) is 21.9 Å². The Morgan fingerprint density at radius 3 is 1.72 bits per heavy atom. The van der Waals surface area contributed by atoms with Crippen LogP contribution in [0.3, 0.4) is 0 Å². The highest BCUT2D eigenvalue weighted by Crippen LogP contribution is 2.27. The lowest BCUT2D eigenvalue weighted by molar-refractivity contribution is -2.00. The maximum absolute atomic E-state index is 8.49. The third-order valence-electron chi connectivity index (χ3n) is 1.60. The molecule has 0 aliphatic heterocycles. The summed E-state index contributed by atoms with van der Waals surface area (Å²) in [4.78, 5) is 2.59. The molecule has 0 bridgehead atoms. The van der Waals surface area contributed by atoms with Gasteiger partial charge < -0.3 is 0 Å². The maximum atomic E-state index is 8.49. The number of halogens is 1. The van der Waals surface area contributed by atoms with Crippen molar-refractivity contribution in [2.75, 3.05) is 0 Å².